The number of hydrogen-bond acceptors (Lipinski definition) is 14. The van der Waals surface area contributed by atoms with Gasteiger partial charge in [-0.15, -0.1) is 0 Å². The van der Waals surface area contributed by atoms with Crippen LogP contribution in [-0.2, 0) is 55.8 Å². The van der Waals surface area contributed by atoms with Crippen LogP contribution in [0.2, 0.25) is 0 Å². The van der Waals surface area contributed by atoms with Crippen LogP contribution in [0.4, 0.5) is 0 Å². The normalized spacial score (nSPS) is 14.6. The Morgan fingerprint density at radius 3 is 0.771 bits per heavy atom. The molecule has 0 aliphatic rings. The number of rotatable bonds is 81. The maximum atomic E-state index is 13.0. The Bertz CT molecular complexity index is 2560. The van der Waals surface area contributed by atoms with Crippen LogP contribution in [0.1, 0.15) is 355 Å². The Hall–Kier alpha value is -4.57. The summed E-state index contributed by atoms with van der Waals surface area (Å²) in [5, 5.41) is 20.7. The van der Waals surface area contributed by atoms with Crippen LogP contribution in [0, 0.1) is 0 Å². The van der Waals surface area contributed by atoms with Crippen molar-refractivity contribution in [3.63, 3.8) is 0 Å². The molecule has 0 radical (unpaired) electrons. The predicted molar refractivity (Wildman–Crippen MR) is 454 cm³/mol. The van der Waals surface area contributed by atoms with E-state index in [4.69, 9.17) is 32.3 Å². The van der Waals surface area contributed by atoms with Gasteiger partial charge in [-0.25, -0.2) is 9.13 Å². The van der Waals surface area contributed by atoms with Crippen LogP contribution in [0.5, 0.6) is 0 Å². The third-order valence-electron chi connectivity index (χ3n) is 18.1. The lowest BCUT2D eigenvalue weighted by atomic mass is 10.0. The van der Waals surface area contributed by atoms with E-state index in [9.17, 15) is 43.5 Å². The second kappa shape index (κ2) is 82.9. The summed E-state index contributed by atoms with van der Waals surface area (Å²) in [4.78, 5) is 58.8. The van der Waals surface area contributed by atoms with E-state index in [1.807, 2.05) is 0 Å². The monoisotopic (exact) mass is 1570 g/mol. The van der Waals surface area contributed by atoms with Gasteiger partial charge in [0.2, 0.25) is 0 Å². The summed E-state index contributed by atoms with van der Waals surface area (Å²) in [6.07, 6.45) is 103. The van der Waals surface area contributed by atoms with Crippen molar-refractivity contribution in [2.24, 2.45) is 0 Å². The molecular weight excluding hydrogens is 1410 g/mol. The fourth-order valence-corrected chi connectivity index (χ4v) is 13.2. The number of ether oxygens (including phenoxy) is 3. The molecule has 0 aromatic rings. The third-order valence-corrected chi connectivity index (χ3v) is 20.0. The molecule has 0 bridgehead atoms. The van der Waals surface area contributed by atoms with E-state index < -0.39 is 91.5 Å². The molecule has 5 atom stereocenters. The average Bonchev–Trinajstić information content (AvgIpc) is 0.903. The van der Waals surface area contributed by atoms with E-state index in [1.54, 1.807) is 0 Å². The topological polar surface area (TPSA) is 231 Å². The first-order valence-electron chi connectivity index (χ1n) is 43.1. The number of aliphatic hydroxyl groups excluding tert-OH is 2. The fraction of sp³-hybridized carbons (Fsp3) is 0.703. The maximum absolute atomic E-state index is 13.0. The lowest BCUT2D eigenvalue weighted by Crippen LogP contribution is -2.30. The van der Waals surface area contributed by atoms with Gasteiger partial charge >= 0.3 is 33.6 Å². The number of aliphatic hydroxyl groups is 2. The molecule has 18 heteroatoms. The third kappa shape index (κ3) is 84.2. The number of phosphoric ester groups is 2. The van der Waals surface area contributed by atoms with E-state index in [1.165, 1.54) is 128 Å². The summed E-state index contributed by atoms with van der Waals surface area (Å²) in [7, 11) is -9.80. The predicted octanol–water partition coefficient (Wildman–Crippen LogP) is 26.0. The molecule has 0 aromatic carbocycles. The Morgan fingerprint density at radius 2 is 0.486 bits per heavy atom. The first kappa shape index (κ1) is 104. The molecule has 16 nitrogen and oxygen atoms in total. The summed E-state index contributed by atoms with van der Waals surface area (Å²) in [5.74, 6) is -1.57. The second-order valence-electron chi connectivity index (χ2n) is 28.6. The standard InChI is InChI=1S/C91H156O16P2/c1-4-7-10-13-16-19-22-25-28-30-32-34-36-38-40-42-44-46-48-50-52-54-57-59-62-65-68-71-74-77-89(94)101-80-86(92)81-103-108(97,98)104-82-87(93)83-105-109(99,100)106-85-88(107-91(96)79-76-73-70-67-64-61-56-27-24-21-18-15-12-9-6-3)84-102-90(95)78-75-72-69-66-63-60-58-55-53-51-49-47-45-43-41-39-37-35-33-31-29-26-23-20-17-14-11-8-5-2/h7-8,10-11,16-17,19-20,25-26,28-29,32-35,38-41,44-47,86-88,92-93H,4-6,9,12-15,18,21-24,27,30-31,36-37,42-43,48-85H2,1-3H3,(H,97,98)(H,99,100)/b10-7-,11-8-,19-16-,20-17-,28-25-,29-26-,34-32-,35-33-,40-38-,41-39-,46-44-,47-45-. The Balaban J connectivity index is 4.54. The summed E-state index contributed by atoms with van der Waals surface area (Å²) < 4.78 is 61.3. The highest BCUT2D eigenvalue weighted by molar-refractivity contribution is 7.47. The minimum atomic E-state index is -4.94. The Morgan fingerprint density at radius 1 is 0.266 bits per heavy atom. The van der Waals surface area contributed by atoms with Crippen molar-refractivity contribution in [1.29, 1.82) is 0 Å². The number of carbonyl (C=O) groups excluding carboxylic acids is 3. The molecule has 0 aliphatic heterocycles. The van der Waals surface area contributed by atoms with Crippen LogP contribution in [0.3, 0.4) is 0 Å². The van der Waals surface area contributed by atoms with E-state index >= 15 is 0 Å². The number of unbranched alkanes of at least 4 members (excludes halogenated alkanes) is 34. The van der Waals surface area contributed by atoms with Gasteiger partial charge in [0.15, 0.2) is 6.10 Å². The number of esters is 3. The molecule has 0 saturated carbocycles. The molecule has 4 N–H and O–H groups in total. The number of phosphoric acid groups is 2. The van der Waals surface area contributed by atoms with Crippen molar-refractivity contribution >= 4 is 33.6 Å². The van der Waals surface area contributed by atoms with E-state index in [0.717, 1.165) is 167 Å². The van der Waals surface area contributed by atoms with Gasteiger partial charge in [0.1, 0.15) is 25.4 Å². The smallest absolute Gasteiger partial charge is 0.463 e. The van der Waals surface area contributed by atoms with Gasteiger partial charge in [-0.2, -0.15) is 0 Å². The molecule has 0 spiro atoms. The largest absolute Gasteiger partial charge is 0.472 e. The lowest BCUT2D eigenvalue weighted by Gasteiger charge is -2.21. The van der Waals surface area contributed by atoms with Gasteiger partial charge in [0.05, 0.1) is 26.4 Å². The minimum absolute atomic E-state index is 0.105. The first-order valence-corrected chi connectivity index (χ1v) is 46.1. The quantitative estimate of drug-likeness (QED) is 0.0146. The van der Waals surface area contributed by atoms with Crippen molar-refractivity contribution in [2.45, 2.75) is 373 Å². The van der Waals surface area contributed by atoms with Gasteiger partial charge < -0.3 is 34.2 Å². The molecule has 0 fully saturated rings. The number of hydrogen-bond donors (Lipinski definition) is 4. The van der Waals surface area contributed by atoms with Crippen LogP contribution < -0.4 is 0 Å². The van der Waals surface area contributed by atoms with Crippen LogP contribution in [0.15, 0.2) is 146 Å². The summed E-state index contributed by atoms with van der Waals surface area (Å²) >= 11 is 0. The van der Waals surface area contributed by atoms with Gasteiger partial charge in [0.25, 0.3) is 0 Å². The van der Waals surface area contributed by atoms with Crippen molar-refractivity contribution < 1.29 is 75.8 Å². The highest BCUT2D eigenvalue weighted by Gasteiger charge is 2.29. The zero-order valence-electron chi connectivity index (χ0n) is 68.7. The summed E-state index contributed by atoms with van der Waals surface area (Å²) in [6.45, 7) is 2.49. The molecule has 0 heterocycles. The molecular formula is C91H156O16P2. The van der Waals surface area contributed by atoms with Gasteiger partial charge in [0, 0.05) is 19.3 Å². The fourth-order valence-electron chi connectivity index (χ4n) is 11.6. The Labute approximate surface area is 664 Å². The molecule has 5 unspecified atom stereocenters. The molecule has 626 valence electrons. The minimum Gasteiger partial charge on any atom is -0.463 e. The number of carbonyl (C=O) groups is 3. The average molecular weight is 1570 g/mol. The van der Waals surface area contributed by atoms with Crippen molar-refractivity contribution in [2.75, 3.05) is 39.6 Å². The second-order valence-corrected chi connectivity index (χ2v) is 31.5. The number of allylic oxidation sites excluding steroid dienone is 24. The highest BCUT2D eigenvalue weighted by atomic mass is 31.2. The van der Waals surface area contributed by atoms with E-state index in [-0.39, 0.29) is 19.3 Å². The SMILES string of the molecule is CC/C=C\C/C=C\C/C=C\C/C=C\C/C=C\C/C=C\CCCCCCCCCCCCC(=O)OCC(O)COP(=O)(O)OCC(O)COP(=O)(O)OCC(COC(=O)CCCCCCCCCCCC/C=C\C/C=C\C/C=C\C/C=C\C/C=C\C/C=C\CC)OC(=O)CCCCCCCCCCCCCCCCC. The molecule has 0 saturated heterocycles. The maximum Gasteiger partial charge on any atom is 0.472 e. The Kier molecular flexibility index (Phi) is 79.4. The molecule has 0 rings (SSSR count). The molecule has 109 heavy (non-hydrogen) atoms. The molecule has 0 amide bonds. The highest BCUT2D eigenvalue weighted by Crippen LogP contribution is 2.45. The van der Waals surface area contributed by atoms with Crippen molar-refractivity contribution in [3.05, 3.63) is 146 Å². The van der Waals surface area contributed by atoms with Gasteiger partial charge in [-0.1, -0.05) is 359 Å². The van der Waals surface area contributed by atoms with Crippen molar-refractivity contribution in [1.82, 2.24) is 0 Å². The van der Waals surface area contributed by atoms with E-state index in [0.29, 0.717) is 19.3 Å². The first-order chi connectivity index (χ1) is 53.2. The zero-order valence-corrected chi connectivity index (χ0v) is 70.5. The summed E-state index contributed by atoms with van der Waals surface area (Å²) in [6, 6.07) is 0. The lowest BCUT2D eigenvalue weighted by molar-refractivity contribution is -0.161. The van der Waals surface area contributed by atoms with Crippen LogP contribution in [-0.4, -0.2) is 95.9 Å². The molecule has 0 aliphatic carbocycles. The van der Waals surface area contributed by atoms with Crippen LogP contribution >= 0.6 is 15.6 Å². The zero-order chi connectivity index (χ0) is 79.4. The molecule has 0 aromatic heterocycles. The van der Waals surface area contributed by atoms with Crippen molar-refractivity contribution in [3.8, 4) is 0 Å². The van der Waals surface area contributed by atoms with E-state index in [2.05, 4.69) is 167 Å². The van der Waals surface area contributed by atoms with Gasteiger partial charge in [-0.05, 0) is 122 Å². The van der Waals surface area contributed by atoms with Crippen LogP contribution in [0.25, 0.3) is 0 Å². The summed E-state index contributed by atoms with van der Waals surface area (Å²) in [5.41, 5.74) is 0. The van der Waals surface area contributed by atoms with Gasteiger partial charge in [-0.3, -0.25) is 32.5 Å².